The Bertz CT molecular complexity index is 478. The van der Waals surface area contributed by atoms with Gasteiger partial charge in [-0.05, 0) is 38.5 Å². The van der Waals surface area contributed by atoms with Crippen molar-refractivity contribution in [3.63, 3.8) is 0 Å². The second-order valence-corrected chi connectivity index (χ2v) is 8.55. The summed E-state index contributed by atoms with van der Waals surface area (Å²) in [6.45, 7) is 6.32. The van der Waals surface area contributed by atoms with Crippen LogP contribution in [0.1, 0.15) is 89.9 Å². The van der Waals surface area contributed by atoms with Crippen molar-refractivity contribution in [3.8, 4) is 0 Å². The first kappa shape index (κ1) is 33.8. The highest BCUT2D eigenvalue weighted by molar-refractivity contribution is 5.75. The van der Waals surface area contributed by atoms with E-state index in [9.17, 15) is 18.0 Å². The van der Waals surface area contributed by atoms with E-state index >= 15 is 0 Å². The lowest BCUT2D eigenvalue weighted by atomic mass is 10.1. The van der Waals surface area contributed by atoms with E-state index in [0.29, 0.717) is 52.3 Å². The van der Waals surface area contributed by atoms with Crippen molar-refractivity contribution in [1.82, 2.24) is 5.32 Å². The third kappa shape index (κ3) is 30.8. The molecular formula is C26H48F3NO5. The maximum absolute atomic E-state index is 11.8. The molecule has 0 aromatic heterocycles. The lowest BCUT2D eigenvalue weighted by molar-refractivity contribution is -0.327. The molecule has 0 bridgehead atoms. The summed E-state index contributed by atoms with van der Waals surface area (Å²) in [7, 11) is 0. The number of carbonyl (C=O) groups excluding carboxylic acids is 1. The predicted molar refractivity (Wildman–Crippen MR) is 132 cm³/mol. The number of rotatable bonds is 27. The molecule has 0 rings (SSSR count). The molecule has 1 amide bonds. The van der Waals surface area contributed by atoms with Gasteiger partial charge in [-0.25, -0.2) is 0 Å². The fraction of sp³-hybridized carbons (Fsp3) is 0.885. The van der Waals surface area contributed by atoms with Gasteiger partial charge >= 0.3 is 6.36 Å². The first-order chi connectivity index (χ1) is 17.0. The number of alkyl halides is 3. The van der Waals surface area contributed by atoms with Crippen molar-refractivity contribution in [3.05, 3.63) is 12.7 Å². The lowest BCUT2D eigenvalue weighted by Crippen LogP contribution is -2.24. The number of nitrogens with one attached hydrogen (secondary N) is 1. The van der Waals surface area contributed by atoms with E-state index in [2.05, 4.69) is 16.6 Å². The zero-order valence-corrected chi connectivity index (χ0v) is 21.5. The van der Waals surface area contributed by atoms with Crippen LogP contribution in [0.4, 0.5) is 13.2 Å². The number of allylic oxidation sites excluding steroid dienone is 1. The molecule has 0 unspecified atom stereocenters. The Morgan fingerprint density at radius 3 is 1.69 bits per heavy atom. The molecule has 0 heterocycles. The van der Waals surface area contributed by atoms with E-state index in [1.54, 1.807) is 0 Å². The van der Waals surface area contributed by atoms with Gasteiger partial charge in [0, 0.05) is 32.8 Å². The summed E-state index contributed by atoms with van der Waals surface area (Å²) < 4.78 is 54.8. The molecule has 0 fully saturated rings. The van der Waals surface area contributed by atoms with Crippen molar-refractivity contribution in [2.45, 2.75) is 96.3 Å². The summed E-state index contributed by atoms with van der Waals surface area (Å²) in [5.74, 6) is 0.0801. The zero-order chi connectivity index (χ0) is 25.9. The molecule has 1 N–H and O–H groups in total. The van der Waals surface area contributed by atoms with Gasteiger partial charge in [0.05, 0.1) is 26.4 Å². The van der Waals surface area contributed by atoms with Crippen LogP contribution in [0.3, 0.4) is 0 Å². The van der Waals surface area contributed by atoms with Gasteiger partial charge in [0.15, 0.2) is 0 Å². The summed E-state index contributed by atoms with van der Waals surface area (Å²) in [4.78, 5) is 11.8. The summed E-state index contributed by atoms with van der Waals surface area (Å²) in [5, 5.41) is 2.97. The second kappa shape index (κ2) is 25.9. The van der Waals surface area contributed by atoms with Crippen LogP contribution in [0, 0.1) is 0 Å². The van der Waals surface area contributed by atoms with Gasteiger partial charge in [-0.2, -0.15) is 0 Å². The predicted octanol–water partition coefficient (Wildman–Crippen LogP) is 6.34. The second-order valence-electron chi connectivity index (χ2n) is 8.55. The fourth-order valence-electron chi connectivity index (χ4n) is 3.35. The molecule has 0 aliphatic rings. The maximum atomic E-state index is 11.8. The van der Waals surface area contributed by atoms with Gasteiger partial charge in [0.2, 0.25) is 5.91 Å². The van der Waals surface area contributed by atoms with Crippen LogP contribution in [0.2, 0.25) is 0 Å². The molecule has 0 aliphatic carbocycles. The number of amides is 1. The average Bonchev–Trinajstić information content (AvgIpc) is 2.81. The normalized spacial score (nSPS) is 11.6. The van der Waals surface area contributed by atoms with Crippen LogP contribution in [-0.2, 0) is 23.7 Å². The summed E-state index contributed by atoms with van der Waals surface area (Å²) >= 11 is 0. The van der Waals surface area contributed by atoms with Crippen LogP contribution in [0.5, 0.6) is 0 Å². The van der Waals surface area contributed by atoms with Crippen molar-refractivity contribution < 1.29 is 36.9 Å². The third-order valence-corrected chi connectivity index (χ3v) is 5.29. The minimum absolute atomic E-state index is 0.0798. The van der Waals surface area contributed by atoms with Gasteiger partial charge in [0.1, 0.15) is 0 Å². The van der Waals surface area contributed by atoms with Crippen molar-refractivity contribution in [2.24, 2.45) is 0 Å². The van der Waals surface area contributed by atoms with Crippen molar-refractivity contribution >= 4 is 5.91 Å². The highest BCUT2D eigenvalue weighted by Gasteiger charge is 2.28. The molecule has 0 aliphatic heterocycles. The number of hydrogen-bond donors (Lipinski definition) is 1. The van der Waals surface area contributed by atoms with E-state index < -0.39 is 13.0 Å². The topological polar surface area (TPSA) is 66.0 Å². The standard InChI is InChI=1S/C26H48F3NO5/c1-2-3-4-5-6-7-8-9-10-11-12-17-30-25(31)16-15-20-34-22-21-32-18-13-14-19-33-23-24-35-26(27,28)29/h2H,1,3-24H2,(H,30,31). The maximum Gasteiger partial charge on any atom is 0.522 e. The molecule has 0 saturated heterocycles. The first-order valence-electron chi connectivity index (χ1n) is 13.3. The number of unbranched alkanes of at least 4 members (excludes halogenated alkanes) is 10. The SMILES string of the molecule is C=CCCCCCCCCCCCNC(=O)CCCOCCOCCCCOCCOC(F)(F)F. The van der Waals surface area contributed by atoms with Crippen LogP contribution in [-0.4, -0.2) is 65.1 Å². The van der Waals surface area contributed by atoms with Crippen LogP contribution in [0.15, 0.2) is 12.7 Å². The molecule has 35 heavy (non-hydrogen) atoms. The summed E-state index contributed by atoms with van der Waals surface area (Å²) in [6, 6.07) is 0. The van der Waals surface area contributed by atoms with Crippen molar-refractivity contribution in [1.29, 1.82) is 0 Å². The Hall–Kier alpha value is -1.16. The Morgan fingerprint density at radius 1 is 0.657 bits per heavy atom. The van der Waals surface area contributed by atoms with E-state index in [0.717, 1.165) is 25.8 Å². The van der Waals surface area contributed by atoms with Crippen LogP contribution < -0.4 is 5.32 Å². The first-order valence-corrected chi connectivity index (χ1v) is 13.3. The Kier molecular flexibility index (Phi) is 25.1. The quantitative estimate of drug-likeness (QED) is 0.103. The number of halogens is 3. The van der Waals surface area contributed by atoms with E-state index in [1.165, 1.54) is 51.4 Å². The molecule has 208 valence electrons. The largest absolute Gasteiger partial charge is 0.522 e. The van der Waals surface area contributed by atoms with Crippen LogP contribution in [0.25, 0.3) is 0 Å². The molecule has 0 spiro atoms. The number of ether oxygens (including phenoxy) is 4. The fourth-order valence-corrected chi connectivity index (χ4v) is 3.35. The van der Waals surface area contributed by atoms with Gasteiger partial charge in [0.25, 0.3) is 0 Å². The Balaban J connectivity index is 3.18. The molecule has 6 nitrogen and oxygen atoms in total. The highest BCUT2D eigenvalue weighted by atomic mass is 19.4. The number of carbonyl (C=O) groups is 1. The summed E-state index contributed by atoms with van der Waals surface area (Å²) in [5.41, 5.74) is 0. The minimum atomic E-state index is -4.60. The molecule has 0 atom stereocenters. The Labute approximate surface area is 210 Å². The highest BCUT2D eigenvalue weighted by Crippen LogP contribution is 2.15. The third-order valence-electron chi connectivity index (χ3n) is 5.29. The minimum Gasteiger partial charge on any atom is -0.379 e. The van der Waals surface area contributed by atoms with Gasteiger partial charge in [-0.3, -0.25) is 9.53 Å². The average molecular weight is 512 g/mol. The van der Waals surface area contributed by atoms with Gasteiger partial charge in [-0.1, -0.05) is 51.0 Å². The van der Waals surface area contributed by atoms with E-state index in [1.807, 2.05) is 6.08 Å². The van der Waals surface area contributed by atoms with Gasteiger partial charge < -0.3 is 19.5 Å². The Morgan fingerprint density at radius 2 is 1.14 bits per heavy atom. The molecular weight excluding hydrogens is 463 g/mol. The van der Waals surface area contributed by atoms with E-state index in [-0.39, 0.29) is 12.5 Å². The van der Waals surface area contributed by atoms with Crippen LogP contribution >= 0.6 is 0 Å². The molecule has 0 aromatic carbocycles. The monoisotopic (exact) mass is 511 g/mol. The lowest BCUT2D eigenvalue weighted by Gasteiger charge is -2.08. The van der Waals surface area contributed by atoms with Crippen molar-refractivity contribution in [2.75, 3.05) is 52.8 Å². The molecule has 0 saturated carbocycles. The molecule has 0 aromatic rings. The van der Waals surface area contributed by atoms with E-state index in [4.69, 9.17) is 14.2 Å². The number of hydrogen-bond acceptors (Lipinski definition) is 5. The summed E-state index contributed by atoms with van der Waals surface area (Å²) in [6.07, 6.45) is 12.4. The van der Waals surface area contributed by atoms with Gasteiger partial charge in [-0.15, -0.1) is 19.8 Å². The zero-order valence-electron chi connectivity index (χ0n) is 21.5. The molecule has 9 heteroatoms. The molecule has 0 radical (unpaired) electrons. The smallest absolute Gasteiger partial charge is 0.379 e.